The van der Waals surface area contributed by atoms with Crippen molar-refractivity contribution in [3.63, 3.8) is 0 Å². The van der Waals surface area contributed by atoms with Gasteiger partial charge in [0, 0.05) is 5.70 Å². The predicted molar refractivity (Wildman–Crippen MR) is 153 cm³/mol. The maximum atomic E-state index is 12.4. The van der Waals surface area contributed by atoms with Crippen LogP contribution in [0.2, 0.25) is 0 Å². The number of hydrogen-bond acceptors (Lipinski definition) is 9. The summed E-state index contributed by atoms with van der Waals surface area (Å²) < 4.78 is 17.7. The monoisotopic (exact) mass is 736 g/mol. The lowest BCUT2D eigenvalue weighted by atomic mass is 9.95. The highest BCUT2D eigenvalue weighted by Gasteiger charge is 2.32. The number of esters is 1. The van der Waals surface area contributed by atoms with Crippen LogP contribution in [0.1, 0.15) is 31.0 Å². The number of rotatable bonds is 10. The first-order chi connectivity index (χ1) is 17.6. The van der Waals surface area contributed by atoms with Gasteiger partial charge in [-0.05, 0) is 94.4 Å². The van der Waals surface area contributed by atoms with Gasteiger partial charge in [-0.2, -0.15) is 5.10 Å². The van der Waals surface area contributed by atoms with Crippen molar-refractivity contribution in [1.82, 2.24) is 16.1 Å². The van der Waals surface area contributed by atoms with Crippen LogP contribution < -0.4 is 25.5 Å². The Hall–Kier alpha value is -2.79. The molecule has 5 N–H and O–H groups in total. The van der Waals surface area contributed by atoms with E-state index in [0.29, 0.717) is 36.5 Å². The minimum absolute atomic E-state index is 0.141. The van der Waals surface area contributed by atoms with Crippen LogP contribution >= 0.6 is 45.2 Å². The van der Waals surface area contributed by atoms with E-state index in [-0.39, 0.29) is 17.9 Å². The second kappa shape index (κ2) is 13.1. The van der Waals surface area contributed by atoms with Gasteiger partial charge in [0.25, 0.3) is 0 Å². The van der Waals surface area contributed by atoms with E-state index in [4.69, 9.17) is 14.2 Å². The molecule has 1 aliphatic heterocycles. The van der Waals surface area contributed by atoms with Crippen molar-refractivity contribution in [2.24, 2.45) is 5.10 Å². The molecular weight excluding hydrogens is 710 g/mol. The number of nitrogens with one attached hydrogen (secondary N) is 3. The van der Waals surface area contributed by atoms with Gasteiger partial charge in [-0.15, -0.1) is 0 Å². The molecule has 13 heteroatoms. The number of hydrogen-bond donors (Lipinski definition) is 5. The number of carbonyl (C=O) groups is 2. The first kappa shape index (κ1) is 28.8. The van der Waals surface area contributed by atoms with Crippen LogP contribution in [0.5, 0.6) is 17.2 Å². The molecular formula is C24H26I2N4O7. The van der Waals surface area contributed by atoms with Crippen LogP contribution in [0.4, 0.5) is 4.79 Å². The number of phenols is 1. The molecule has 3 rings (SSSR count). The first-order valence-corrected chi connectivity index (χ1v) is 13.2. The topological polar surface area (TPSA) is 151 Å². The molecule has 0 aromatic heterocycles. The zero-order chi connectivity index (χ0) is 27.1. The van der Waals surface area contributed by atoms with Crippen molar-refractivity contribution in [2.45, 2.75) is 26.1 Å². The van der Waals surface area contributed by atoms with Crippen LogP contribution in [0, 0.1) is 7.14 Å². The molecule has 198 valence electrons. The lowest BCUT2D eigenvalue weighted by Gasteiger charge is -2.28. The molecule has 2 amide bonds. The number of aliphatic hydroxyl groups is 1. The minimum Gasteiger partial charge on any atom is -0.506 e. The Balaban J connectivity index is 1.71. The standard InChI is InChI=1S/C24H26I2N4O7/c1-4-36-18-9-14(21-20(23(33)35-3)12(2)28-24(34)29-21)5-6-17(18)37-11-19(31)30-27-10-13-7-15(25)22(32)16(26)8-13/h5-10,19,21,30-32H,4,11H2,1-3H3,(H2,28,29,34)/b27-10-/t19-,21-/m1/s1. The molecule has 0 radical (unpaired) electrons. The fourth-order valence-corrected chi connectivity index (χ4v) is 5.30. The highest BCUT2D eigenvalue weighted by Crippen LogP contribution is 2.35. The molecule has 37 heavy (non-hydrogen) atoms. The van der Waals surface area contributed by atoms with E-state index in [9.17, 15) is 19.8 Å². The van der Waals surface area contributed by atoms with E-state index in [1.54, 1.807) is 37.3 Å². The number of urea groups is 1. The Labute approximate surface area is 240 Å². The second-order valence-electron chi connectivity index (χ2n) is 7.75. The molecule has 2 aromatic rings. The van der Waals surface area contributed by atoms with Gasteiger partial charge in [-0.3, -0.25) is 5.43 Å². The van der Waals surface area contributed by atoms with E-state index in [2.05, 4.69) is 21.2 Å². The van der Waals surface area contributed by atoms with Crippen LogP contribution in [-0.2, 0) is 9.53 Å². The smallest absolute Gasteiger partial charge is 0.337 e. The largest absolute Gasteiger partial charge is 0.506 e. The average molecular weight is 736 g/mol. The predicted octanol–water partition coefficient (Wildman–Crippen LogP) is 3.12. The van der Waals surface area contributed by atoms with Crippen molar-refractivity contribution < 1.29 is 34.0 Å². The molecule has 1 aliphatic rings. The summed E-state index contributed by atoms with van der Waals surface area (Å²) in [6, 6.07) is 7.31. The summed E-state index contributed by atoms with van der Waals surface area (Å²) >= 11 is 4.05. The molecule has 0 bridgehead atoms. The minimum atomic E-state index is -1.12. The van der Waals surface area contributed by atoms with E-state index in [1.807, 2.05) is 52.1 Å². The molecule has 0 spiro atoms. The third kappa shape index (κ3) is 7.38. The Morgan fingerprint density at radius 3 is 2.57 bits per heavy atom. The lowest BCUT2D eigenvalue weighted by Crippen LogP contribution is -2.45. The van der Waals surface area contributed by atoms with Gasteiger partial charge in [0.05, 0.1) is 38.7 Å². The van der Waals surface area contributed by atoms with E-state index < -0.39 is 24.3 Å². The number of amides is 2. The second-order valence-corrected chi connectivity index (χ2v) is 10.1. The Kier molecular flexibility index (Phi) is 10.2. The van der Waals surface area contributed by atoms with Gasteiger partial charge in [0.15, 0.2) is 17.7 Å². The number of nitrogens with zero attached hydrogens (tertiary/aromatic N) is 1. The summed E-state index contributed by atoms with van der Waals surface area (Å²) in [6.45, 7) is 3.63. The summed E-state index contributed by atoms with van der Waals surface area (Å²) in [4.78, 5) is 24.4. The summed E-state index contributed by atoms with van der Waals surface area (Å²) in [5.74, 6) is 0.378. The Bertz CT molecular complexity index is 1210. The van der Waals surface area contributed by atoms with Gasteiger partial charge in [-0.25, -0.2) is 9.59 Å². The number of aromatic hydroxyl groups is 1. The summed E-state index contributed by atoms with van der Waals surface area (Å²) in [5.41, 5.74) is 4.59. The van der Waals surface area contributed by atoms with Crippen molar-refractivity contribution in [2.75, 3.05) is 20.3 Å². The molecule has 2 aromatic carbocycles. The van der Waals surface area contributed by atoms with Gasteiger partial charge in [0.2, 0.25) is 0 Å². The zero-order valence-corrected chi connectivity index (χ0v) is 24.5. The van der Waals surface area contributed by atoms with E-state index in [1.165, 1.54) is 13.3 Å². The van der Waals surface area contributed by atoms with Crippen LogP contribution in [0.25, 0.3) is 0 Å². The zero-order valence-electron chi connectivity index (χ0n) is 20.2. The molecule has 11 nitrogen and oxygen atoms in total. The maximum absolute atomic E-state index is 12.4. The van der Waals surface area contributed by atoms with Gasteiger partial charge >= 0.3 is 12.0 Å². The summed E-state index contributed by atoms with van der Waals surface area (Å²) in [6.07, 6.45) is 0.399. The van der Waals surface area contributed by atoms with Gasteiger partial charge in [0.1, 0.15) is 12.4 Å². The van der Waals surface area contributed by atoms with Crippen LogP contribution in [0.3, 0.4) is 0 Å². The molecule has 0 fully saturated rings. The number of halogens is 2. The molecule has 0 unspecified atom stereocenters. The average Bonchev–Trinajstić information content (AvgIpc) is 2.85. The van der Waals surface area contributed by atoms with E-state index in [0.717, 1.165) is 5.56 Å². The lowest BCUT2D eigenvalue weighted by molar-refractivity contribution is -0.136. The first-order valence-electron chi connectivity index (χ1n) is 11.0. The van der Waals surface area contributed by atoms with Gasteiger partial charge < -0.3 is 35.1 Å². The van der Waals surface area contributed by atoms with Crippen LogP contribution in [-0.4, -0.2) is 55.0 Å². The van der Waals surface area contributed by atoms with Crippen LogP contribution in [0.15, 0.2) is 46.7 Å². The molecule has 0 saturated heterocycles. The highest BCUT2D eigenvalue weighted by molar-refractivity contribution is 14.1. The number of methoxy groups -OCH3 is 1. The van der Waals surface area contributed by atoms with Crippen molar-refractivity contribution in [1.29, 1.82) is 0 Å². The highest BCUT2D eigenvalue weighted by atomic mass is 127. The number of ether oxygens (including phenoxy) is 3. The normalized spacial score (nSPS) is 16.2. The van der Waals surface area contributed by atoms with Crippen molar-refractivity contribution in [3.05, 3.63) is 59.9 Å². The van der Waals surface area contributed by atoms with Gasteiger partial charge in [-0.1, -0.05) is 6.07 Å². The molecule has 1 heterocycles. The van der Waals surface area contributed by atoms with Crippen molar-refractivity contribution >= 4 is 63.4 Å². The fourth-order valence-electron chi connectivity index (χ4n) is 3.48. The van der Waals surface area contributed by atoms with Crippen molar-refractivity contribution in [3.8, 4) is 17.2 Å². The number of allylic oxidation sites excluding steroid dienone is 1. The quantitative estimate of drug-likeness (QED) is 0.0822. The number of aliphatic hydroxyl groups excluding tert-OH is 1. The third-order valence-corrected chi connectivity index (χ3v) is 6.79. The number of hydrazone groups is 1. The fraction of sp³-hybridized carbons (Fsp3) is 0.292. The van der Waals surface area contributed by atoms with E-state index >= 15 is 0 Å². The molecule has 2 atom stereocenters. The Morgan fingerprint density at radius 2 is 1.92 bits per heavy atom. The summed E-state index contributed by atoms with van der Waals surface area (Å²) in [5, 5.41) is 29.5. The SMILES string of the molecule is CCOc1cc([C@H]2NC(=O)NC(C)=C2C(=O)OC)ccc1OC[C@@H](O)N/N=C\c1cc(I)c(O)c(I)c1. The Morgan fingerprint density at radius 1 is 1.22 bits per heavy atom. The number of carbonyl (C=O) groups excluding carboxylic acids is 2. The molecule has 0 aliphatic carbocycles. The molecule has 0 saturated carbocycles. The number of phenolic OH excluding ortho intramolecular Hbond substituents is 1. The summed E-state index contributed by atoms with van der Waals surface area (Å²) in [7, 11) is 1.27. The number of benzene rings is 2. The maximum Gasteiger partial charge on any atom is 0.337 e. The third-order valence-electron chi connectivity index (χ3n) is 5.15.